The first kappa shape index (κ1) is 21.8. The second-order valence-corrected chi connectivity index (χ2v) is 10.3. The minimum atomic E-state index is -1.08. The largest absolute Gasteiger partial charge is 0.463 e. The average molecular weight is 448 g/mol. The van der Waals surface area contributed by atoms with Crippen LogP contribution in [0.15, 0.2) is 41.0 Å². The van der Waals surface area contributed by atoms with Gasteiger partial charge in [0.15, 0.2) is 5.58 Å². The van der Waals surface area contributed by atoms with Crippen molar-refractivity contribution in [2.24, 2.45) is 11.8 Å². The van der Waals surface area contributed by atoms with Gasteiger partial charge in [0.1, 0.15) is 11.2 Å². The SMILES string of the molecule is Cc1ccc(C)c(N2C(=O)c3cc4occc4n3C[C@]2(C)C(=O)N[C@@H]2CCC[C@H](C)[C@@H]2C)c1. The zero-order valence-corrected chi connectivity index (χ0v) is 20.1. The fraction of sp³-hybridized carbons (Fsp3) is 0.481. The molecule has 2 aliphatic rings. The van der Waals surface area contributed by atoms with Gasteiger partial charge in [0.25, 0.3) is 5.91 Å². The molecule has 2 amide bonds. The number of fused-ring (bicyclic) bond motifs is 3. The summed E-state index contributed by atoms with van der Waals surface area (Å²) in [6, 6.07) is 9.83. The smallest absolute Gasteiger partial charge is 0.276 e. The highest BCUT2D eigenvalue weighted by Crippen LogP contribution is 2.38. The molecule has 3 aromatic rings. The summed E-state index contributed by atoms with van der Waals surface area (Å²) < 4.78 is 7.53. The Bertz CT molecular complexity index is 1240. The van der Waals surface area contributed by atoms with E-state index in [1.807, 2.05) is 49.6 Å². The van der Waals surface area contributed by atoms with Crippen LogP contribution in [0.5, 0.6) is 0 Å². The highest BCUT2D eigenvalue weighted by atomic mass is 16.3. The van der Waals surface area contributed by atoms with Gasteiger partial charge in [0, 0.05) is 23.9 Å². The number of aromatic nitrogens is 1. The number of furan rings is 1. The molecule has 5 rings (SSSR count). The van der Waals surface area contributed by atoms with Crippen molar-refractivity contribution in [2.45, 2.75) is 72.0 Å². The number of anilines is 1. The lowest BCUT2D eigenvalue weighted by Crippen LogP contribution is -2.66. The zero-order chi connectivity index (χ0) is 23.5. The average Bonchev–Trinajstić information content (AvgIpc) is 3.36. The van der Waals surface area contributed by atoms with Crippen molar-refractivity contribution in [2.75, 3.05) is 4.90 Å². The molecule has 0 spiro atoms. The van der Waals surface area contributed by atoms with Gasteiger partial charge >= 0.3 is 0 Å². The maximum Gasteiger partial charge on any atom is 0.276 e. The summed E-state index contributed by atoms with van der Waals surface area (Å²) in [5.74, 6) is 0.701. The van der Waals surface area contributed by atoms with E-state index < -0.39 is 5.54 Å². The van der Waals surface area contributed by atoms with Gasteiger partial charge in [0.2, 0.25) is 5.91 Å². The molecule has 1 saturated carbocycles. The van der Waals surface area contributed by atoms with E-state index in [9.17, 15) is 9.59 Å². The van der Waals surface area contributed by atoms with Crippen LogP contribution in [-0.4, -0.2) is 28.0 Å². The van der Waals surface area contributed by atoms with E-state index in [1.54, 1.807) is 17.2 Å². The number of aryl methyl sites for hydroxylation is 2. The maximum absolute atomic E-state index is 14.0. The Morgan fingerprint density at radius 3 is 2.73 bits per heavy atom. The molecule has 1 N–H and O–H groups in total. The Balaban J connectivity index is 1.61. The van der Waals surface area contributed by atoms with Gasteiger partial charge in [-0.2, -0.15) is 0 Å². The molecule has 1 aromatic carbocycles. The van der Waals surface area contributed by atoms with E-state index >= 15 is 0 Å². The van der Waals surface area contributed by atoms with Crippen molar-refractivity contribution in [1.29, 1.82) is 0 Å². The topological polar surface area (TPSA) is 67.5 Å². The number of amides is 2. The lowest BCUT2D eigenvalue weighted by molar-refractivity contribution is -0.128. The Labute approximate surface area is 194 Å². The van der Waals surface area contributed by atoms with Crippen LogP contribution in [0.1, 0.15) is 61.6 Å². The van der Waals surface area contributed by atoms with Crippen molar-refractivity contribution in [3.63, 3.8) is 0 Å². The maximum atomic E-state index is 14.0. The normalized spacial score (nSPS) is 27.6. The summed E-state index contributed by atoms with van der Waals surface area (Å²) >= 11 is 0. The van der Waals surface area contributed by atoms with Crippen molar-refractivity contribution in [3.05, 3.63) is 53.4 Å². The molecule has 0 unspecified atom stereocenters. The molecular formula is C27H33N3O3. The number of benzene rings is 1. The number of rotatable bonds is 3. The summed E-state index contributed by atoms with van der Waals surface area (Å²) in [6.45, 7) is 10.8. The van der Waals surface area contributed by atoms with E-state index in [0.717, 1.165) is 35.2 Å². The third-order valence-corrected chi connectivity index (χ3v) is 8.02. The summed E-state index contributed by atoms with van der Waals surface area (Å²) in [4.78, 5) is 29.7. The molecule has 0 radical (unpaired) electrons. The predicted molar refractivity (Wildman–Crippen MR) is 129 cm³/mol. The molecule has 6 heteroatoms. The minimum absolute atomic E-state index is 0.0984. The van der Waals surface area contributed by atoms with Crippen LogP contribution in [0.2, 0.25) is 0 Å². The number of hydrogen-bond acceptors (Lipinski definition) is 3. The predicted octanol–water partition coefficient (Wildman–Crippen LogP) is 5.21. The van der Waals surface area contributed by atoms with Crippen molar-refractivity contribution in [1.82, 2.24) is 9.88 Å². The van der Waals surface area contributed by atoms with E-state index in [4.69, 9.17) is 4.42 Å². The fourth-order valence-corrected chi connectivity index (χ4v) is 5.66. The van der Waals surface area contributed by atoms with Crippen LogP contribution in [0.25, 0.3) is 11.1 Å². The monoisotopic (exact) mass is 447 g/mol. The first-order chi connectivity index (χ1) is 15.7. The molecule has 1 aliphatic heterocycles. The Morgan fingerprint density at radius 2 is 1.94 bits per heavy atom. The molecule has 0 bridgehead atoms. The van der Waals surface area contributed by atoms with Crippen LogP contribution in [0.4, 0.5) is 5.69 Å². The van der Waals surface area contributed by atoms with Crippen LogP contribution >= 0.6 is 0 Å². The highest BCUT2D eigenvalue weighted by molar-refractivity contribution is 6.14. The van der Waals surface area contributed by atoms with Gasteiger partial charge in [-0.25, -0.2) is 0 Å². The quantitative estimate of drug-likeness (QED) is 0.599. The summed E-state index contributed by atoms with van der Waals surface area (Å²) in [5, 5.41) is 3.36. The third-order valence-electron chi connectivity index (χ3n) is 8.02. The van der Waals surface area contributed by atoms with Gasteiger partial charge < -0.3 is 14.3 Å². The van der Waals surface area contributed by atoms with Gasteiger partial charge in [-0.1, -0.05) is 38.8 Å². The third kappa shape index (κ3) is 3.38. The van der Waals surface area contributed by atoms with E-state index in [2.05, 4.69) is 19.2 Å². The first-order valence-corrected chi connectivity index (χ1v) is 12.0. The minimum Gasteiger partial charge on any atom is -0.463 e. The van der Waals surface area contributed by atoms with Crippen molar-refractivity contribution >= 4 is 28.6 Å². The van der Waals surface area contributed by atoms with Crippen LogP contribution < -0.4 is 10.2 Å². The molecule has 1 aliphatic carbocycles. The number of nitrogens with one attached hydrogen (secondary N) is 1. The van der Waals surface area contributed by atoms with E-state index in [-0.39, 0.29) is 17.9 Å². The lowest BCUT2D eigenvalue weighted by Gasteiger charge is -2.46. The van der Waals surface area contributed by atoms with Crippen LogP contribution in [0.3, 0.4) is 0 Å². The Kier molecular flexibility index (Phi) is 5.15. The molecule has 6 nitrogen and oxygen atoms in total. The van der Waals surface area contributed by atoms with Gasteiger partial charge in [-0.05, 0) is 56.2 Å². The van der Waals surface area contributed by atoms with E-state index in [0.29, 0.717) is 29.7 Å². The number of nitrogens with zero attached hydrogens (tertiary/aromatic N) is 2. The van der Waals surface area contributed by atoms with Crippen LogP contribution in [-0.2, 0) is 11.3 Å². The second-order valence-electron chi connectivity index (χ2n) is 10.3. The van der Waals surface area contributed by atoms with Crippen molar-refractivity contribution < 1.29 is 14.0 Å². The molecule has 33 heavy (non-hydrogen) atoms. The number of carbonyl (C=O) groups is 2. The zero-order valence-electron chi connectivity index (χ0n) is 20.1. The fourth-order valence-electron chi connectivity index (χ4n) is 5.66. The molecule has 4 atom stereocenters. The standard InChI is InChI=1S/C27H33N3O3/c1-16-9-10-18(3)22(13-16)30-25(31)23-14-24-21(11-12-33-24)29(23)15-27(30,5)26(32)28-20-8-6-7-17(2)19(20)4/h9-14,17,19-20H,6-8,15H2,1-5H3,(H,28,32)/t17-,19-,20+,27+/m0/s1. The Morgan fingerprint density at radius 1 is 1.15 bits per heavy atom. The summed E-state index contributed by atoms with van der Waals surface area (Å²) in [5.41, 5.74) is 3.79. The first-order valence-electron chi connectivity index (χ1n) is 12.0. The van der Waals surface area contributed by atoms with E-state index in [1.165, 1.54) is 6.42 Å². The Hall–Kier alpha value is -3.02. The highest BCUT2D eigenvalue weighted by Gasteiger charge is 2.50. The summed E-state index contributed by atoms with van der Waals surface area (Å²) in [6.07, 6.45) is 4.92. The molecule has 1 fully saturated rings. The summed E-state index contributed by atoms with van der Waals surface area (Å²) in [7, 11) is 0. The lowest BCUT2D eigenvalue weighted by atomic mass is 9.77. The van der Waals surface area contributed by atoms with Crippen LogP contribution in [0, 0.1) is 25.7 Å². The van der Waals surface area contributed by atoms with Crippen molar-refractivity contribution in [3.8, 4) is 0 Å². The molecule has 2 aromatic heterocycles. The van der Waals surface area contributed by atoms with Gasteiger partial charge in [0.05, 0.1) is 18.3 Å². The molecule has 3 heterocycles. The van der Waals surface area contributed by atoms with Gasteiger partial charge in [-0.3, -0.25) is 14.5 Å². The second kappa shape index (κ2) is 7.79. The number of carbonyl (C=O) groups excluding carboxylic acids is 2. The van der Waals surface area contributed by atoms with Gasteiger partial charge in [-0.15, -0.1) is 0 Å². The molecule has 0 saturated heterocycles. The molecule has 174 valence electrons. The number of hydrogen-bond donors (Lipinski definition) is 1. The molecular weight excluding hydrogens is 414 g/mol.